The zero-order chi connectivity index (χ0) is 27.6. The molecule has 0 aliphatic carbocycles. The summed E-state index contributed by atoms with van der Waals surface area (Å²) < 4.78 is 99.0. The Kier molecular flexibility index (Phi) is 5.78. The molecule has 0 radical (unpaired) electrons. The van der Waals surface area contributed by atoms with Crippen molar-refractivity contribution in [1.82, 2.24) is 15.0 Å². The van der Waals surface area contributed by atoms with E-state index in [1.807, 2.05) is 0 Å². The quantitative estimate of drug-likeness (QED) is 0.175. The van der Waals surface area contributed by atoms with Crippen molar-refractivity contribution < 1.29 is 38.9 Å². The highest BCUT2D eigenvalue weighted by molar-refractivity contribution is 7.87. The second-order valence-corrected chi connectivity index (χ2v) is 12.4. The van der Waals surface area contributed by atoms with Crippen LogP contribution < -0.4 is 5.73 Å². The van der Waals surface area contributed by atoms with Crippen molar-refractivity contribution in [2.45, 2.75) is 14.7 Å². The van der Waals surface area contributed by atoms with Gasteiger partial charge in [-0.3, -0.25) is 13.7 Å². The maximum Gasteiger partial charge on any atom is 0.296 e. The molecule has 38 heavy (non-hydrogen) atoms. The van der Waals surface area contributed by atoms with Gasteiger partial charge in [-0.05, 0) is 53.6 Å². The van der Waals surface area contributed by atoms with Gasteiger partial charge < -0.3 is 5.73 Å². The second kappa shape index (κ2) is 8.55. The number of hydrogen-bond donors (Lipinski definition) is 4. The van der Waals surface area contributed by atoms with Crippen LogP contribution in [-0.4, -0.2) is 53.9 Å². The molecular formula is C22H16N4O9S3. The Labute approximate surface area is 215 Å². The van der Waals surface area contributed by atoms with Crippen molar-refractivity contribution in [3.8, 4) is 16.8 Å². The maximum atomic E-state index is 11.9. The summed E-state index contributed by atoms with van der Waals surface area (Å²) in [4.78, 5) is -0.708. The van der Waals surface area contributed by atoms with Gasteiger partial charge in [0.1, 0.15) is 20.8 Å². The van der Waals surface area contributed by atoms with Crippen LogP contribution in [0.4, 0.5) is 5.69 Å². The van der Waals surface area contributed by atoms with Crippen LogP contribution in [0.3, 0.4) is 0 Å². The average molecular weight is 577 g/mol. The zero-order valence-electron chi connectivity index (χ0n) is 18.8. The van der Waals surface area contributed by atoms with E-state index in [4.69, 9.17) is 5.73 Å². The number of benzene rings is 4. The summed E-state index contributed by atoms with van der Waals surface area (Å²) in [6.45, 7) is 0. The molecule has 1 aromatic heterocycles. The number of fused-ring (bicyclic) bond motifs is 3. The van der Waals surface area contributed by atoms with E-state index in [1.54, 1.807) is 30.3 Å². The van der Waals surface area contributed by atoms with E-state index in [2.05, 4.69) is 10.2 Å². The summed E-state index contributed by atoms with van der Waals surface area (Å²) in [5, 5.41) is 8.64. The molecule has 0 spiro atoms. The van der Waals surface area contributed by atoms with E-state index >= 15 is 0 Å². The fraction of sp³-hybridized carbons (Fsp3) is 0. The highest BCUT2D eigenvalue weighted by atomic mass is 32.2. The van der Waals surface area contributed by atoms with E-state index in [0.717, 1.165) is 6.07 Å². The molecule has 4 aromatic carbocycles. The molecule has 5 N–H and O–H groups in total. The molecule has 0 aliphatic rings. The third-order valence-electron chi connectivity index (χ3n) is 5.72. The SMILES string of the molecule is Nc1ccc(-c2ccc(-n3nc4ccc5c(S(=O)(=O)O)cc(S(=O)(=O)O)cc5c4n3)cc2)cc1S(=O)(=O)O. The van der Waals surface area contributed by atoms with E-state index in [0.29, 0.717) is 22.9 Å². The van der Waals surface area contributed by atoms with Crippen LogP contribution in [0.5, 0.6) is 0 Å². The van der Waals surface area contributed by atoms with E-state index in [1.165, 1.54) is 29.1 Å². The molecule has 0 atom stereocenters. The molecule has 0 saturated heterocycles. The Hall–Kier alpha value is -3.93. The van der Waals surface area contributed by atoms with Crippen LogP contribution in [0, 0.1) is 0 Å². The Bertz CT molecular complexity index is 2110. The number of nitrogen functional groups attached to an aromatic ring is 1. The number of hydrogen-bond acceptors (Lipinski definition) is 9. The Morgan fingerprint density at radius 3 is 1.87 bits per heavy atom. The van der Waals surface area contributed by atoms with E-state index < -0.39 is 45.0 Å². The fourth-order valence-electron chi connectivity index (χ4n) is 3.96. The van der Waals surface area contributed by atoms with Crippen molar-refractivity contribution in [1.29, 1.82) is 0 Å². The lowest BCUT2D eigenvalue weighted by Crippen LogP contribution is -2.04. The van der Waals surface area contributed by atoms with Gasteiger partial charge in [-0.1, -0.05) is 24.3 Å². The van der Waals surface area contributed by atoms with Crippen molar-refractivity contribution in [3.63, 3.8) is 0 Å². The second-order valence-electron chi connectivity index (χ2n) is 8.16. The van der Waals surface area contributed by atoms with Crippen LogP contribution in [0.25, 0.3) is 38.6 Å². The van der Waals surface area contributed by atoms with Gasteiger partial charge in [0.15, 0.2) is 0 Å². The third kappa shape index (κ3) is 4.60. The number of nitrogens with zero attached hydrogens (tertiary/aromatic N) is 3. The summed E-state index contributed by atoms with van der Waals surface area (Å²) >= 11 is 0. The summed E-state index contributed by atoms with van der Waals surface area (Å²) in [6, 6.07) is 15.1. The maximum absolute atomic E-state index is 11.9. The first kappa shape index (κ1) is 25.7. The van der Waals surface area contributed by atoms with Crippen molar-refractivity contribution >= 4 is 57.8 Å². The number of anilines is 1. The monoisotopic (exact) mass is 576 g/mol. The predicted octanol–water partition coefficient (Wildman–Crippen LogP) is 2.56. The first-order chi connectivity index (χ1) is 17.6. The molecule has 0 fully saturated rings. The Morgan fingerprint density at radius 1 is 0.632 bits per heavy atom. The molecule has 5 aromatic rings. The van der Waals surface area contributed by atoms with Gasteiger partial charge in [0.25, 0.3) is 30.4 Å². The highest BCUT2D eigenvalue weighted by Gasteiger charge is 2.23. The molecule has 0 aliphatic heterocycles. The van der Waals surface area contributed by atoms with Gasteiger partial charge in [-0.15, -0.1) is 10.2 Å². The minimum Gasteiger partial charge on any atom is -0.398 e. The summed E-state index contributed by atoms with van der Waals surface area (Å²) in [5.41, 5.74) is 7.36. The molecule has 196 valence electrons. The fourth-order valence-corrected chi connectivity index (χ4v) is 5.94. The van der Waals surface area contributed by atoms with Crippen LogP contribution in [0.15, 0.2) is 81.4 Å². The Balaban J connectivity index is 1.64. The molecule has 0 unspecified atom stereocenters. The first-order valence-corrected chi connectivity index (χ1v) is 14.7. The first-order valence-electron chi connectivity index (χ1n) is 10.4. The van der Waals surface area contributed by atoms with Gasteiger partial charge in [0.2, 0.25) is 0 Å². The van der Waals surface area contributed by atoms with Gasteiger partial charge in [0.05, 0.1) is 16.3 Å². The lowest BCUT2D eigenvalue weighted by atomic mass is 10.1. The van der Waals surface area contributed by atoms with Gasteiger partial charge in [-0.2, -0.15) is 30.0 Å². The smallest absolute Gasteiger partial charge is 0.296 e. The van der Waals surface area contributed by atoms with E-state index in [-0.39, 0.29) is 27.5 Å². The number of rotatable bonds is 5. The standard InChI is InChI=1S/C22H16N4O9S3/c23-18-7-3-13(9-21(18)38(33,34)35)12-1-4-14(5-2-12)26-24-19-8-6-16-17(22(19)25-26)10-15(36(27,28)29)11-20(16)37(30,31)32/h1-11H,23H2,(H,27,28,29)(H,30,31,32)(H,33,34,35). The number of nitrogens with two attached hydrogens (primary N) is 1. The topological polar surface area (TPSA) is 220 Å². The lowest BCUT2D eigenvalue weighted by Gasteiger charge is -2.07. The van der Waals surface area contributed by atoms with Crippen LogP contribution >= 0.6 is 0 Å². The highest BCUT2D eigenvalue weighted by Crippen LogP contribution is 2.32. The molecular weight excluding hydrogens is 560 g/mol. The molecule has 0 bridgehead atoms. The van der Waals surface area contributed by atoms with Gasteiger partial charge in [0, 0.05) is 10.8 Å². The molecule has 13 nitrogen and oxygen atoms in total. The average Bonchev–Trinajstić information content (AvgIpc) is 3.27. The minimum absolute atomic E-state index is 0.00716. The number of aromatic nitrogens is 3. The molecule has 0 saturated carbocycles. The summed E-state index contributed by atoms with van der Waals surface area (Å²) in [5.74, 6) is 0. The molecule has 1 heterocycles. The van der Waals surface area contributed by atoms with Gasteiger partial charge in [-0.25, -0.2) is 0 Å². The van der Waals surface area contributed by atoms with Crippen LogP contribution in [-0.2, 0) is 30.4 Å². The third-order valence-corrected chi connectivity index (χ3v) is 8.35. The molecule has 16 heteroatoms. The minimum atomic E-state index is -4.86. The lowest BCUT2D eigenvalue weighted by molar-refractivity contribution is 0.479. The molecule has 0 amide bonds. The molecule has 5 rings (SSSR count). The van der Waals surface area contributed by atoms with Crippen molar-refractivity contribution in [3.05, 3.63) is 66.7 Å². The summed E-state index contributed by atoms with van der Waals surface area (Å²) in [6.07, 6.45) is 0. The van der Waals surface area contributed by atoms with Crippen LogP contribution in [0.1, 0.15) is 0 Å². The van der Waals surface area contributed by atoms with Crippen molar-refractivity contribution in [2.24, 2.45) is 0 Å². The zero-order valence-corrected chi connectivity index (χ0v) is 21.2. The largest absolute Gasteiger partial charge is 0.398 e. The van der Waals surface area contributed by atoms with Gasteiger partial charge >= 0.3 is 0 Å². The van der Waals surface area contributed by atoms with Crippen molar-refractivity contribution in [2.75, 3.05) is 5.73 Å². The predicted molar refractivity (Wildman–Crippen MR) is 136 cm³/mol. The van der Waals surface area contributed by atoms with E-state index in [9.17, 15) is 38.9 Å². The Morgan fingerprint density at radius 2 is 1.26 bits per heavy atom. The summed E-state index contributed by atoms with van der Waals surface area (Å²) in [7, 11) is -14.2. The van der Waals surface area contributed by atoms with Crippen LogP contribution in [0.2, 0.25) is 0 Å². The normalized spacial score (nSPS) is 12.8.